The number of rotatable bonds is 14. The minimum absolute atomic E-state index is 0.0125. The van der Waals surface area contributed by atoms with Crippen molar-refractivity contribution in [2.45, 2.75) is 39.5 Å². The van der Waals surface area contributed by atoms with E-state index in [1.54, 1.807) is 19.3 Å². The number of anilines is 1. The lowest BCUT2D eigenvalue weighted by Gasteiger charge is -2.21. The quantitative estimate of drug-likeness (QED) is 0.181. The maximum atomic E-state index is 12.5. The molecule has 8 nitrogen and oxygen atoms in total. The van der Waals surface area contributed by atoms with E-state index in [9.17, 15) is 14.4 Å². The Balaban J connectivity index is 1.35. The Labute approximate surface area is 223 Å². The lowest BCUT2D eigenvalue weighted by Crippen LogP contribution is -2.29. The molecule has 0 unspecified atom stereocenters. The van der Waals surface area contributed by atoms with Gasteiger partial charge in [0.2, 0.25) is 5.91 Å². The number of hydrogen-bond acceptors (Lipinski definition) is 6. The molecule has 0 bridgehead atoms. The molecule has 2 aromatic carbocycles. The van der Waals surface area contributed by atoms with Crippen LogP contribution in [-0.4, -0.2) is 45.1 Å². The molecule has 0 fully saturated rings. The van der Waals surface area contributed by atoms with Gasteiger partial charge in [-0.05, 0) is 68.7 Å². The van der Waals surface area contributed by atoms with Crippen molar-refractivity contribution in [3.63, 3.8) is 0 Å². The molecular formula is C30H37N3O5. The van der Waals surface area contributed by atoms with E-state index in [1.807, 2.05) is 42.5 Å². The number of carbonyl (C=O) groups is 2. The Bertz CT molecular complexity index is 1290. The Morgan fingerprint density at radius 2 is 1.61 bits per heavy atom. The van der Waals surface area contributed by atoms with Crippen LogP contribution in [0.5, 0.6) is 5.75 Å². The van der Waals surface area contributed by atoms with Crippen LogP contribution in [0.1, 0.15) is 55.5 Å². The van der Waals surface area contributed by atoms with Gasteiger partial charge in [-0.1, -0.05) is 25.0 Å². The van der Waals surface area contributed by atoms with Crippen molar-refractivity contribution in [2.75, 3.05) is 38.2 Å². The van der Waals surface area contributed by atoms with Gasteiger partial charge in [0.15, 0.2) is 0 Å². The summed E-state index contributed by atoms with van der Waals surface area (Å²) in [5.41, 5.74) is 1.75. The van der Waals surface area contributed by atoms with E-state index in [0.29, 0.717) is 24.1 Å². The molecule has 0 aliphatic carbocycles. The van der Waals surface area contributed by atoms with E-state index in [4.69, 9.17) is 9.15 Å². The summed E-state index contributed by atoms with van der Waals surface area (Å²) in [7, 11) is 1.61. The van der Waals surface area contributed by atoms with Crippen molar-refractivity contribution in [1.29, 1.82) is 0 Å². The minimum atomic E-state index is -0.636. The van der Waals surface area contributed by atoms with Crippen LogP contribution in [0.4, 0.5) is 5.69 Å². The predicted molar refractivity (Wildman–Crippen MR) is 152 cm³/mol. The number of nitrogens with one attached hydrogen (secondary N) is 2. The molecule has 3 rings (SSSR count). The number of methoxy groups -OCH3 is 1. The number of fused-ring (bicyclic) bond motifs is 1. The molecule has 202 valence electrons. The highest BCUT2D eigenvalue weighted by atomic mass is 16.5. The summed E-state index contributed by atoms with van der Waals surface area (Å²) in [6, 6.07) is 14.7. The first-order valence-corrected chi connectivity index (χ1v) is 13.2. The largest absolute Gasteiger partial charge is 0.497 e. The van der Waals surface area contributed by atoms with Crippen LogP contribution < -0.4 is 25.9 Å². The van der Waals surface area contributed by atoms with E-state index in [1.165, 1.54) is 6.08 Å². The normalized spacial score (nSPS) is 11.0. The highest BCUT2D eigenvalue weighted by molar-refractivity contribution is 5.97. The summed E-state index contributed by atoms with van der Waals surface area (Å²) in [5.74, 6) is 0.214. The second-order valence-electron chi connectivity index (χ2n) is 8.91. The SMILES string of the molecule is CCN(CC)c1ccc2cc(C(=O)NCCCCCCNC(=O)/C=C/c3ccc(OC)cc3)c(=O)oc2c1. The number of unbranched alkanes of at least 4 members (excludes halogenated alkanes) is 3. The van der Waals surface area contributed by atoms with Gasteiger partial charge in [-0.15, -0.1) is 0 Å². The molecule has 2 N–H and O–H groups in total. The topological polar surface area (TPSA) is 101 Å². The summed E-state index contributed by atoms with van der Waals surface area (Å²) in [5, 5.41) is 6.40. The van der Waals surface area contributed by atoms with E-state index < -0.39 is 11.5 Å². The second kappa shape index (κ2) is 14.6. The van der Waals surface area contributed by atoms with Gasteiger partial charge in [-0.3, -0.25) is 9.59 Å². The second-order valence-corrected chi connectivity index (χ2v) is 8.91. The number of nitrogens with zero attached hydrogens (tertiary/aromatic N) is 1. The van der Waals surface area contributed by atoms with Gasteiger partial charge in [0, 0.05) is 49.4 Å². The summed E-state index contributed by atoms with van der Waals surface area (Å²) < 4.78 is 10.6. The molecule has 8 heteroatoms. The van der Waals surface area contributed by atoms with Gasteiger partial charge < -0.3 is 24.7 Å². The van der Waals surface area contributed by atoms with Gasteiger partial charge in [0.1, 0.15) is 16.9 Å². The zero-order valence-corrected chi connectivity index (χ0v) is 22.4. The van der Waals surface area contributed by atoms with E-state index in [0.717, 1.165) is 55.8 Å². The molecule has 0 saturated carbocycles. The number of ether oxygens (including phenoxy) is 1. The molecule has 3 aromatic rings. The summed E-state index contributed by atoms with van der Waals surface area (Å²) in [4.78, 5) is 39.1. The zero-order chi connectivity index (χ0) is 27.3. The van der Waals surface area contributed by atoms with Crippen molar-refractivity contribution in [3.05, 3.63) is 76.2 Å². The van der Waals surface area contributed by atoms with Gasteiger partial charge in [-0.2, -0.15) is 0 Å². The fourth-order valence-corrected chi connectivity index (χ4v) is 4.10. The first-order valence-electron chi connectivity index (χ1n) is 13.2. The summed E-state index contributed by atoms with van der Waals surface area (Å²) >= 11 is 0. The van der Waals surface area contributed by atoms with E-state index >= 15 is 0 Å². The van der Waals surface area contributed by atoms with Crippen LogP contribution in [0.2, 0.25) is 0 Å². The smallest absolute Gasteiger partial charge is 0.349 e. The lowest BCUT2D eigenvalue weighted by atomic mass is 10.1. The van der Waals surface area contributed by atoms with Crippen molar-refractivity contribution in [3.8, 4) is 5.75 Å². The highest BCUT2D eigenvalue weighted by Crippen LogP contribution is 2.22. The summed E-state index contributed by atoms with van der Waals surface area (Å²) in [6.07, 6.45) is 6.73. The number of amides is 2. The standard InChI is InChI=1S/C30H37N3O5/c1-4-33(5-2)24-14-13-23-20-26(30(36)38-27(23)21-24)29(35)32-19-9-7-6-8-18-31-28(34)17-12-22-10-15-25(37-3)16-11-22/h10-17,20-21H,4-9,18-19H2,1-3H3,(H,31,34)(H,32,35)/b17-12+. The average Bonchev–Trinajstić information content (AvgIpc) is 2.93. The fraction of sp³-hybridized carbons (Fsp3) is 0.367. The molecule has 2 amide bonds. The Morgan fingerprint density at radius 1 is 0.921 bits per heavy atom. The molecule has 0 spiro atoms. The Hall–Kier alpha value is -4.07. The van der Waals surface area contributed by atoms with Gasteiger partial charge in [0.05, 0.1) is 7.11 Å². The highest BCUT2D eigenvalue weighted by Gasteiger charge is 2.14. The maximum absolute atomic E-state index is 12.5. The molecule has 1 aromatic heterocycles. The zero-order valence-electron chi connectivity index (χ0n) is 22.4. The third-order valence-corrected chi connectivity index (χ3v) is 6.32. The summed E-state index contributed by atoms with van der Waals surface area (Å²) in [6.45, 7) is 6.90. The molecule has 0 saturated heterocycles. The van der Waals surface area contributed by atoms with Crippen molar-refractivity contribution in [1.82, 2.24) is 10.6 Å². The van der Waals surface area contributed by atoms with E-state index in [-0.39, 0.29) is 11.5 Å². The third-order valence-electron chi connectivity index (χ3n) is 6.32. The predicted octanol–water partition coefficient (Wildman–Crippen LogP) is 4.77. The molecule has 0 radical (unpaired) electrons. The lowest BCUT2D eigenvalue weighted by molar-refractivity contribution is -0.116. The first-order chi connectivity index (χ1) is 18.4. The molecule has 0 atom stereocenters. The molecule has 0 aliphatic heterocycles. The monoisotopic (exact) mass is 519 g/mol. The first kappa shape index (κ1) is 28.5. The average molecular weight is 520 g/mol. The molecule has 1 heterocycles. The number of hydrogen-bond donors (Lipinski definition) is 2. The van der Waals surface area contributed by atoms with Crippen molar-refractivity contribution < 1.29 is 18.7 Å². The van der Waals surface area contributed by atoms with Crippen molar-refractivity contribution in [2.24, 2.45) is 0 Å². The Kier molecular flexibility index (Phi) is 11.0. The minimum Gasteiger partial charge on any atom is -0.497 e. The molecular weight excluding hydrogens is 482 g/mol. The molecule has 0 aliphatic rings. The van der Waals surface area contributed by atoms with Gasteiger partial charge in [-0.25, -0.2) is 4.79 Å². The van der Waals surface area contributed by atoms with Crippen LogP contribution in [0.3, 0.4) is 0 Å². The number of carbonyl (C=O) groups excluding carboxylic acids is 2. The van der Waals surface area contributed by atoms with E-state index in [2.05, 4.69) is 29.4 Å². The Morgan fingerprint density at radius 3 is 2.26 bits per heavy atom. The van der Waals surface area contributed by atoms with Crippen molar-refractivity contribution >= 4 is 34.5 Å². The van der Waals surface area contributed by atoms with Gasteiger partial charge >= 0.3 is 5.63 Å². The third kappa shape index (κ3) is 8.23. The van der Waals surface area contributed by atoms with Crippen LogP contribution in [0.15, 0.2) is 63.8 Å². The fourth-order valence-electron chi connectivity index (χ4n) is 4.10. The number of benzene rings is 2. The van der Waals surface area contributed by atoms with Crippen LogP contribution >= 0.6 is 0 Å². The van der Waals surface area contributed by atoms with Crippen LogP contribution in [-0.2, 0) is 4.79 Å². The van der Waals surface area contributed by atoms with Gasteiger partial charge in [0.25, 0.3) is 5.91 Å². The maximum Gasteiger partial charge on any atom is 0.349 e. The van der Waals surface area contributed by atoms with Crippen LogP contribution in [0.25, 0.3) is 17.0 Å². The van der Waals surface area contributed by atoms with Crippen LogP contribution in [0, 0.1) is 0 Å². The molecule has 38 heavy (non-hydrogen) atoms.